The second-order valence-electron chi connectivity index (χ2n) is 18.3. The minimum atomic E-state index is -2.24. The summed E-state index contributed by atoms with van der Waals surface area (Å²) in [6, 6.07) is 6.89. The van der Waals surface area contributed by atoms with Gasteiger partial charge < -0.3 is 28.6 Å². The van der Waals surface area contributed by atoms with Gasteiger partial charge in [0.05, 0.1) is 30.3 Å². The average molecular weight is 861 g/mol. The molecule has 2 aromatic carbocycles. The number of nitrogens with zero attached hydrogens (tertiary/aromatic N) is 6. The Kier molecular flexibility index (Phi) is 13.0. The van der Waals surface area contributed by atoms with E-state index in [2.05, 4.69) is 62.5 Å². The summed E-state index contributed by atoms with van der Waals surface area (Å²) in [4.78, 5) is 32.8. The Morgan fingerprint density at radius 3 is 2.30 bits per heavy atom. The Bertz CT molecular complexity index is 2240. The normalized spacial score (nSPS) is 19.8. The first kappa shape index (κ1) is 44.0. The number of carbonyl (C=O) groups excluding carboxylic acids is 1. The largest absolute Gasteiger partial charge is 0.467 e. The molecule has 12 nitrogen and oxygen atoms in total. The first-order chi connectivity index (χ1) is 28.6. The number of amides is 1. The van der Waals surface area contributed by atoms with Gasteiger partial charge >= 0.3 is 12.1 Å². The second kappa shape index (κ2) is 17.7. The van der Waals surface area contributed by atoms with Gasteiger partial charge in [-0.2, -0.15) is 4.98 Å². The number of rotatable bonds is 11. The summed E-state index contributed by atoms with van der Waals surface area (Å²) < 4.78 is 48.6. The number of hydrogen-bond donors (Lipinski definition) is 0. The molecule has 2 aromatic heterocycles. The molecule has 3 saturated heterocycles. The molecule has 60 heavy (non-hydrogen) atoms. The van der Waals surface area contributed by atoms with Gasteiger partial charge in [-0.05, 0) is 86.9 Å². The Balaban J connectivity index is 1.40. The highest BCUT2D eigenvalue weighted by Gasteiger charge is 2.46. The summed E-state index contributed by atoms with van der Waals surface area (Å²) in [5.74, 6) is 4.57. The fraction of sp³-hybridized carbons (Fsp3) is 0.600. The summed E-state index contributed by atoms with van der Waals surface area (Å²) in [5, 5.41) is 1.82. The van der Waals surface area contributed by atoms with Crippen LogP contribution in [0.4, 0.5) is 15.0 Å². The zero-order valence-corrected chi connectivity index (χ0v) is 38.9. The van der Waals surface area contributed by atoms with Crippen molar-refractivity contribution in [2.75, 3.05) is 51.4 Å². The van der Waals surface area contributed by atoms with E-state index < -0.39 is 19.5 Å². The monoisotopic (exact) mass is 860 g/mol. The topological polar surface area (TPSA) is 113 Å². The quantitative estimate of drug-likeness (QED) is 0.0472. The number of methoxy groups -OCH3 is 1. The molecule has 324 valence electrons. The number of aromatic nitrogens is 4. The van der Waals surface area contributed by atoms with Crippen LogP contribution in [0.2, 0.25) is 16.6 Å². The molecule has 3 fully saturated rings. The smallest absolute Gasteiger partial charge is 0.410 e. The van der Waals surface area contributed by atoms with E-state index in [4.69, 9.17) is 38.6 Å². The molecule has 0 N–H and O–H groups in total. The van der Waals surface area contributed by atoms with Crippen LogP contribution in [0.15, 0.2) is 29.4 Å². The molecule has 3 aliphatic heterocycles. The number of hydrogen-bond acceptors (Lipinski definition) is 11. The molecule has 3 aliphatic rings. The Morgan fingerprint density at radius 2 is 1.70 bits per heavy atom. The first-order valence-electron chi connectivity index (χ1n) is 21.3. The van der Waals surface area contributed by atoms with Crippen molar-refractivity contribution in [1.29, 1.82) is 0 Å². The van der Waals surface area contributed by atoms with E-state index in [1.807, 2.05) is 38.0 Å². The van der Waals surface area contributed by atoms with Crippen LogP contribution in [-0.4, -0.2) is 103 Å². The predicted molar refractivity (Wildman–Crippen MR) is 238 cm³/mol. The Labute approximate surface area is 359 Å². The standard InChI is InChI=1S/C45H61FN6O6SSi/c1-27(2)60(28(3)4,29(5)6)20-18-35-36(46)17-14-30-21-34(56-26-54-10)22-37(38(30)35)57-43-48-40-39(52(43)33-13-12-19-55-25-33)41(49-42(47-40)59-11)50-23-31-15-16-32(24-50)51(31)44(53)58-45(7,8)9/h14,17,21-22,27-29,31-33H,12-13,15-16,19,23-26H2,1-11H3. The second-order valence-corrected chi connectivity index (χ2v) is 24.6. The zero-order valence-electron chi connectivity index (χ0n) is 37.1. The minimum absolute atomic E-state index is 0.0155. The van der Waals surface area contributed by atoms with E-state index >= 15 is 4.39 Å². The molecular weight excluding hydrogens is 800 g/mol. The Hall–Kier alpha value is -4.10. The van der Waals surface area contributed by atoms with E-state index in [0.717, 1.165) is 37.0 Å². The maximum atomic E-state index is 16.3. The van der Waals surface area contributed by atoms with E-state index in [9.17, 15) is 4.79 Å². The molecule has 4 aromatic rings. The highest BCUT2D eigenvalue weighted by molar-refractivity contribution is 7.98. The summed E-state index contributed by atoms with van der Waals surface area (Å²) in [7, 11) is -0.680. The van der Waals surface area contributed by atoms with Crippen molar-refractivity contribution in [3.8, 4) is 29.0 Å². The molecule has 5 heterocycles. The van der Waals surface area contributed by atoms with Gasteiger partial charge in [0, 0.05) is 38.3 Å². The van der Waals surface area contributed by atoms with Crippen LogP contribution in [0.25, 0.3) is 21.9 Å². The lowest BCUT2D eigenvalue weighted by Gasteiger charge is -2.42. The molecule has 0 saturated carbocycles. The lowest BCUT2D eigenvalue weighted by Crippen LogP contribution is -2.57. The molecule has 3 unspecified atom stereocenters. The number of piperazine rings is 1. The molecule has 3 atom stereocenters. The highest BCUT2D eigenvalue weighted by Crippen LogP contribution is 2.44. The van der Waals surface area contributed by atoms with Crippen LogP contribution < -0.4 is 14.4 Å². The molecular formula is C45H61FN6O6SSi. The summed E-state index contributed by atoms with van der Waals surface area (Å²) >= 11 is 1.44. The lowest BCUT2D eigenvalue weighted by atomic mass is 10.0. The van der Waals surface area contributed by atoms with Gasteiger partial charge in [0.25, 0.3) is 0 Å². The van der Waals surface area contributed by atoms with Crippen molar-refractivity contribution in [1.82, 2.24) is 24.4 Å². The molecule has 2 bridgehead atoms. The molecule has 0 aliphatic carbocycles. The van der Waals surface area contributed by atoms with Gasteiger partial charge in [0.15, 0.2) is 23.4 Å². The summed E-state index contributed by atoms with van der Waals surface area (Å²) in [6.45, 7) is 21.5. The number of ether oxygens (including phenoxy) is 5. The van der Waals surface area contributed by atoms with Crippen LogP contribution in [0.3, 0.4) is 0 Å². The number of imidazole rings is 1. The van der Waals surface area contributed by atoms with Gasteiger partial charge in [-0.1, -0.05) is 65.3 Å². The van der Waals surface area contributed by atoms with Crippen molar-refractivity contribution in [2.45, 2.75) is 134 Å². The third-order valence-electron chi connectivity index (χ3n) is 12.4. The zero-order chi connectivity index (χ0) is 43.1. The first-order valence-corrected chi connectivity index (χ1v) is 24.8. The van der Waals surface area contributed by atoms with Crippen LogP contribution in [0.5, 0.6) is 17.5 Å². The van der Waals surface area contributed by atoms with Crippen LogP contribution in [-0.2, 0) is 14.2 Å². The van der Waals surface area contributed by atoms with Crippen LogP contribution >= 0.6 is 11.8 Å². The number of carbonyl (C=O) groups is 1. The lowest BCUT2D eigenvalue weighted by molar-refractivity contribution is 0.0122. The fourth-order valence-electron chi connectivity index (χ4n) is 9.77. The molecule has 0 spiro atoms. The van der Waals surface area contributed by atoms with Gasteiger partial charge in [-0.3, -0.25) is 9.47 Å². The van der Waals surface area contributed by atoms with E-state index in [1.165, 1.54) is 17.8 Å². The summed E-state index contributed by atoms with van der Waals surface area (Å²) in [5.41, 5.74) is 5.74. The van der Waals surface area contributed by atoms with Crippen molar-refractivity contribution in [3.05, 3.63) is 35.6 Å². The van der Waals surface area contributed by atoms with Gasteiger partial charge in [-0.25, -0.2) is 19.2 Å². The fourth-order valence-corrected chi connectivity index (χ4v) is 15.3. The van der Waals surface area contributed by atoms with Crippen molar-refractivity contribution in [3.63, 3.8) is 0 Å². The predicted octanol–water partition coefficient (Wildman–Crippen LogP) is 10.1. The third-order valence-corrected chi connectivity index (χ3v) is 19.2. The minimum Gasteiger partial charge on any atom is -0.467 e. The molecule has 7 rings (SSSR count). The molecule has 0 radical (unpaired) electrons. The van der Waals surface area contributed by atoms with E-state index in [0.29, 0.717) is 76.0 Å². The number of anilines is 1. The third kappa shape index (κ3) is 8.54. The SMILES string of the molecule is COCOc1cc(Oc2nc3nc(SC)nc(N4CC5CCC(C4)N5C(=O)OC(C)(C)C)c3n2C2CCCOC2)c2c(C#C[Si](C(C)C)(C(C)C)C(C)C)c(F)ccc2c1. The Morgan fingerprint density at radius 1 is 1.00 bits per heavy atom. The van der Waals surface area contributed by atoms with Gasteiger partial charge in [0.1, 0.15) is 36.5 Å². The van der Waals surface area contributed by atoms with Crippen molar-refractivity contribution >= 4 is 53.7 Å². The van der Waals surface area contributed by atoms with Crippen LogP contribution in [0.1, 0.15) is 99.6 Å². The van der Waals surface area contributed by atoms with Crippen molar-refractivity contribution in [2.24, 2.45) is 0 Å². The number of fused-ring (bicyclic) bond motifs is 4. The maximum absolute atomic E-state index is 16.3. The number of thioether (sulfide) groups is 1. The summed E-state index contributed by atoms with van der Waals surface area (Å²) in [6.07, 6.45) is 5.09. The maximum Gasteiger partial charge on any atom is 0.410 e. The van der Waals surface area contributed by atoms with Gasteiger partial charge in [0.2, 0.25) is 0 Å². The molecule has 15 heteroatoms. The van der Waals surface area contributed by atoms with E-state index in [-0.39, 0.29) is 42.6 Å². The van der Waals surface area contributed by atoms with Crippen LogP contribution in [0, 0.1) is 17.3 Å². The average Bonchev–Trinajstić information content (AvgIpc) is 3.69. The number of halogens is 1. The highest BCUT2D eigenvalue weighted by atomic mass is 32.2. The van der Waals surface area contributed by atoms with Gasteiger partial charge in [-0.15, -0.1) is 5.54 Å². The van der Waals surface area contributed by atoms with Crippen molar-refractivity contribution < 1.29 is 32.9 Å². The molecule has 1 amide bonds. The number of benzene rings is 2. The van der Waals surface area contributed by atoms with E-state index in [1.54, 1.807) is 19.2 Å².